The Kier molecular flexibility index (Phi) is 4.47. The molecule has 102 valence electrons. The highest BCUT2D eigenvalue weighted by molar-refractivity contribution is 9.10. The monoisotopic (exact) mass is 333 g/mol. The molecule has 2 N–H and O–H groups in total. The number of amides is 2. The van der Waals surface area contributed by atoms with Gasteiger partial charge in [-0.3, -0.25) is 14.6 Å². The van der Waals surface area contributed by atoms with Crippen molar-refractivity contribution < 1.29 is 9.59 Å². The molecule has 2 amide bonds. The summed E-state index contributed by atoms with van der Waals surface area (Å²) in [4.78, 5) is 27.4. The Morgan fingerprint density at radius 3 is 2.55 bits per heavy atom. The van der Waals surface area contributed by atoms with Gasteiger partial charge in [0.2, 0.25) is 0 Å². The van der Waals surface area contributed by atoms with Gasteiger partial charge in [-0.1, -0.05) is 15.9 Å². The third-order valence-corrected chi connectivity index (χ3v) is 3.06. The van der Waals surface area contributed by atoms with Crippen LogP contribution in [-0.2, 0) is 9.59 Å². The van der Waals surface area contributed by atoms with Crippen molar-refractivity contribution in [3.63, 3.8) is 0 Å². The van der Waals surface area contributed by atoms with E-state index in [-0.39, 0.29) is 0 Å². The molecular weight excluding hydrogens is 322 g/mol. The summed E-state index contributed by atoms with van der Waals surface area (Å²) in [7, 11) is 0. The first-order valence-electron chi connectivity index (χ1n) is 5.85. The summed E-state index contributed by atoms with van der Waals surface area (Å²) in [6, 6.07) is 8.71. The second-order valence-corrected chi connectivity index (χ2v) is 5.02. The molecule has 0 atom stereocenters. The molecule has 0 saturated heterocycles. The molecule has 0 aliphatic carbocycles. The third-order valence-electron chi connectivity index (χ3n) is 2.56. The Morgan fingerprint density at radius 1 is 1.15 bits per heavy atom. The van der Waals surface area contributed by atoms with E-state index in [1.807, 2.05) is 13.0 Å². The van der Waals surface area contributed by atoms with Gasteiger partial charge in [-0.15, -0.1) is 0 Å². The standard InChI is InChI=1S/C14H12BrN3O2/c1-9-7-10(15)4-5-12(9)18-14(20)13(19)17-11-3-2-6-16-8-11/h2-8H,1H3,(H,17,19)(H,18,20). The zero-order chi connectivity index (χ0) is 14.5. The number of aryl methyl sites for hydroxylation is 1. The van der Waals surface area contributed by atoms with E-state index in [2.05, 4.69) is 31.5 Å². The van der Waals surface area contributed by atoms with Gasteiger partial charge in [0.1, 0.15) is 0 Å². The van der Waals surface area contributed by atoms with Gasteiger partial charge < -0.3 is 10.6 Å². The normalized spacial score (nSPS) is 9.90. The molecule has 0 saturated carbocycles. The smallest absolute Gasteiger partial charge is 0.314 e. The summed E-state index contributed by atoms with van der Waals surface area (Å²) >= 11 is 3.34. The first-order chi connectivity index (χ1) is 9.56. The second-order valence-electron chi connectivity index (χ2n) is 4.11. The minimum absolute atomic E-state index is 0.472. The van der Waals surface area contributed by atoms with E-state index < -0.39 is 11.8 Å². The van der Waals surface area contributed by atoms with Crippen LogP contribution in [0.5, 0.6) is 0 Å². The maximum atomic E-state index is 11.8. The van der Waals surface area contributed by atoms with E-state index in [4.69, 9.17) is 0 Å². The van der Waals surface area contributed by atoms with Crippen LogP contribution in [-0.4, -0.2) is 16.8 Å². The predicted molar refractivity (Wildman–Crippen MR) is 80.4 cm³/mol. The summed E-state index contributed by atoms with van der Waals surface area (Å²) in [5.74, 6) is -1.46. The van der Waals surface area contributed by atoms with E-state index in [0.717, 1.165) is 10.0 Å². The molecule has 1 aromatic heterocycles. The lowest BCUT2D eigenvalue weighted by Gasteiger charge is -2.08. The lowest BCUT2D eigenvalue weighted by atomic mass is 10.2. The van der Waals surface area contributed by atoms with Crippen molar-refractivity contribution in [2.24, 2.45) is 0 Å². The number of rotatable bonds is 2. The Morgan fingerprint density at radius 2 is 1.90 bits per heavy atom. The van der Waals surface area contributed by atoms with E-state index in [1.54, 1.807) is 30.5 Å². The molecular formula is C14H12BrN3O2. The molecule has 0 aliphatic rings. The summed E-state index contributed by atoms with van der Waals surface area (Å²) in [6.45, 7) is 1.85. The molecule has 2 aromatic rings. The summed E-state index contributed by atoms with van der Waals surface area (Å²) in [5.41, 5.74) is 1.93. The van der Waals surface area contributed by atoms with Crippen molar-refractivity contribution in [3.05, 3.63) is 52.8 Å². The Hall–Kier alpha value is -2.21. The predicted octanol–water partition coefficient (Wildman–Crippen LogP) is 2.73. The van der Waals surface area contributed by atoms with E-state index in [9.17, 15) is 9.59 Å². The van der Waals surface area contributed by atoms with Gasteiger partial charge in [-0.05, 0) is 42.8 Å². The minimum Gasteiger partial charge on any atom is -0.318 e. The molecule has 0 fully saturated rings. The van der Waals surface area contributed by atoms with Crippen molar-refractivity contribution in [2.45, 2.75) is 6.92 Å². The van der Waals surface area contributed by atoms with Gasteiger partial charge >= 0.3 is 11.8 Å². The molecule has 0 radical (unpaired) electrons. The van der Waals surface area contributed by atoms with Crippen LogP contribution in [0.2, 0.25) is 0 Å². The number of aromatic nitrogens is 1. The topological polar surface area (TPSA) is 71.1 Å². The van der Waals surface area contributed by atoms with Crippen molar-refractivity contribution in [2.75, 3.05) is 10.6 Å². The van der Waals surface area contributed by atoms with Crippen LogP contribution in [0.1, 0.15) is 5.56 Å². The van der Waals surface area contributed by atoms with Crippen LogP contribution < -0.4 is 10.6 Å². The van der Waals surface area contributed by atoms with Crippen LogP contribution in [0, 0.1) is 6.92 Å². The Labute approximate surface area is 124 Å². The van der Waals surface area contributed by atoms with Crippen LogP contribution in [0.4, 0.5) is 11.4 Å². The van der Waals surface area contributed by atoms with Crippen LogP contribution >= 0.6 is 15.9 Å². The highest BCUT2D eigenvalue weighted by Crippen LogP contribution is 2.19. The lowest BCUT2D eigenvalue weighted by molar-refractivity contribution is -0.133. The average Bonchev–Trinajstić information content (AvgIpc) is 2.43. The fraction of sp³-hybridized carbons (Fsp3) is 0.0714. The zero-order valence-corrected chi connectivity index (χ0v) is 12.3. The number of halogens is 1. The molecule has 6 heteroatoms. The number of nitrogens with zero attached hydrogens (tertiary/aromatic N) is 1. The summed E-state index contributed by atoms with van der Waals surface area (Å²) < 4.78 is 0.910. The number of pyridine rings is 1. The van der Waals surface area contributed by atoms with Crippen molar-refractivity contribution in [3.8, 4) is 0 Å². The van der Waals surface area contributed by atoms with Crippen molar-refractivity contribution >= 4 is 39.1 Å². The van der Waals surface area contributed by atoms with E-state index >= 15 is 0 Å². The third kappa shape index (κ3) is 3.64. The average molecular weight is 334 g/mol. The fourth-order valence-electron chi connectivity index (χ4n) is 1.57. The number of hydrogen-bond acceptors (Lipinski definition) is 3. The van der Waals surface area contributed by atoms with Crippen LogP contribution in [0.15, 0.2) is 47.2 Å². The Bertz CT molecular complexity index is 644. The first-order valence-corrected chi connectivity index (χ1v) is 6.64. The maximum Gasteiger partial charge on any atom is 0.314 e. The molecule has 1 aromatic carbocycles. The minimum atomic E-state index is -0.736. The highest BCUT2D eigenvalue weighted by atomic mass is 79.9. The fourth-order valence-corrected chi connectivity index (χ4v) is 2.05. The summed E-state index contributed by atoms with van der Waals surface area (Å²) in [5, 5.41) is 5.04. The van der Waals surface area contributed by atoms with E-state index in [0.29, 0.717) is 11.4 Å². The highest BCUT2D eigenvalue weighted by Gasteiger charge is 2.14. The van der Waals surface area contributed by atoms with Gasteiger partial charge in [0.25, 0.3) is 0 Å². The van der Waals surface area contributed by atoms with Crippen LogP contribution in [0.3, 0.4) is 0 Å². The van der Waals surface area contributed by atoms with Crippen LogP contribution in [0.25, 0.3) is 0 Å². The van der Waals surface area contributed by atoms with Crippen molar-refractivity contribution in [1.29, 1.82) is 0 Å². The molecule has 2 rings (SSSR count). The number of carbonyl (C=O) groups is 2. The number of hydrogen-bond donors (Lipinski definition) is 2. The van der Waals surface area contributed by atoms with Gasteiger partial charge in [-0.2, -0.15) is 0 Å². The molecule has 20 heavy (non-hydrogen) atoms. The number of anilines is 2. The SMILES string of the molecule is Cc1cc(Br)ccc1NC(=O)C(=O)Nc1cccnc1. The van der Waals surface area contributed by atoms with Gasteiger partial charge in [0.15, 0.2) is 0 Å². The lowest BCUT2D eigenvalue weighted by Crippen LogP contribution is -2.29. The van der Waals surface area contributed by atoms with Gasteiger partial charge in [-0.25, -0.2) is 0 Å². The van der Waals surface area contributed by atoms with Gasteiger partial charge in [0, 0.05) is 16.4 Å². The summed E-state index contributed by atoms with van der Waals surface area (Å²) in [6.07, 6.45) is 3.05. The molecule has 5 nitrogen and oxygen atoms in total. The molecule has 0 aliphatic heterocycles. The maximum absolute atomic E-state index is 11.8. The molecule has 0 spiro atoms. The Balaban J connectivity index is 2.03. The molecule has 0 bridgehead atoms. The molecule has 1 heterocycles. The number of benzene rings is 1. The first kappa shape index (κ1) is 14.2. The second kappa shape index (κ2) is 6.29. The quantitative estimate of drug-likeness (QED) is 0.830. The zero-order valence-electron chi connectivity index (χ0n) is 10.7. The largest absolute Gasteiger partial charge is 0.318 e. The molecule has 0 unspecified atom stereocenters. The van der Waals surface area contributed by atoms with E-state index in [1.165, 1.54) is 6.20 Å². The number of carbonyl (C=O) groups excluding carboxylic acids is 2. The van der Waals surface area contributed by atoms with Gasteiger partial charge in [0.05, 0.1) is 11.9 Å². The number of nitrogens with one attached hydrogen (secondary N) is 2. The van der Waals surface area contributed by atoms with Crippen molar-refractivity contribution in [1.82, 2.24) is 4.98 Å².